The molecule has 1 aromatic heterocycles. The van der Waals surface area contributed by atoms with Gasteiger partial charge < -0.3 is 9.15 Å². The van der Waals surface area contributed by atoms with Gasteiger partial charge in [0.1, 0.15) is 5.76 Å². The molecule has 2 heterocycles. The highest BCUT2D eigenvalue weighted by Gasteiger charge is 2.30. The first-order chi connectivity index (χ1) is 12.6. The molecule has 1 amide bonds. The van der Waals surface area contributed by atoms with Crippen molar-refractivity contribution in [3.8, 4) is 0 Å². The molecule has 1 aliphatic heterocycles. The Bertz CT molecular complexity index is 871. The number of benzene rings is 1. The zero-order valence-corrected chi connectivity index (χ0v) is 15.3. The van der Waals surface area contributed by atoms with Gasteiger partial charge in [0.05, 0.1) is 29.0 Å². The van der Waals surface area contributed by atoms with Crippen LogP contribution in [0.25, 0.3) is 6.08 Å². The van der Waals surface area contributed by atoms with Crippen molar-refractivity contribution in [3.05, 3.63) is 58.9 Å². The first-order valence-corrected chi connectivity index (χ1v) is 8.97. The number of hydrogen-bond donors (Lipinski definition) is 0. The fourth-order valence-electron chi connectivity index (χ4n) is 2.25. The maximum absolute atomic E-state index is 12.4. The predicted molar refractivity (Wildman–Crippen MR) is 101 cm³/mol. The lowest BCUT2D eigenvalue weighted by molar-refractivity contribution is -0.121. The number of hydrogen-bond acceptors (Lipinski definition) is 6. The molecule has 134 valence electrons. The minimum atomic E-state index is -0.379. The van der Waals surface area contributed by atoms with Crippen molar-refractivity contribution in [1.82, 2.24) is 4.90 Å². The molecule has 2 aromatic rings. The van der Waals surface area contributed by atoms with E-state index in [1.54, 1.807) is 55.8 Å². The number of nitrogens with zero attached hydrogens (tertiary/aromatic N) is 2. The number of likely N-dealkylation sites (N-methyl/N-ethyl adjacent to an activating group) is 1. The summed E-state index contributed by atoms with van der Waals surface area (Å²) in [6.45, 7) is 2.32. The molecule has 0 saturated carbocycles. The Morgan fingerprint density at radius 2 is 2.19 bits per heavy atom. The van der Waals surface area contributed by atoms with Crippen molar-refractivity contribution in [2.45, 2.75) is 13.3 Å². The van der Waals surface area contributed by atoms with Crippen LogP contribution in [0.1, 0.15) is 29.5 Å². The highest BCUT2D eigenvalue weighted by atomic mass is 32.2. The fraction of sp³-hybridized carbons (Fsp3) is 0.211. The second kappa shape index (κ2) is 8.05. The number of furan rings is 1. The smallest absolute Gasteiger partial charge is 0.338 e. The number of esters is 1. The van der Waals surface area contributed by atoms with Crippen molar-refractivity contribution in [2.75, 3.05) is 13.7 Å². The van der Waals surface area contributed by atoms with E-state index in [4.69, 9.17) is 9.15 Å². The molecule has 1 aromatic carbocycles. The third-order valence-corrected chi connectivity index (χ3v) is 4.62. The van der Waals surface area contributed by atoms with Gasteiger partial charge in [-0.3, -0.25) is 9.69 Å². The van der Waals surface area contributed by atoms with E-state index in [1.807, 2.05) is 6.92 Å². The van der Waals surface area contributed by atoms with Crippen LogP contribution in [0.3, 0.4) is 0 Å². The van der Waals surface area contributed by atoms with Crippen LogP contribution >= 0.6 is 11.8 Å². The van der Waals surface area contributed by atoms with Gasteiger partial charge in [-0.2, -0.15) is 0 Å². The van der Waals surface area contributed by atoms with Crippen molar-refractivity contribution in [3.63, 3.8) is 0 Å². The largest absolute Gasteiger partial charge is 0.465 e. The van der Waals surface area contributed by atoms with Gasteiger partial charge in [0.2, 0.25) is 0 Å². The third kappa shape index (κ3) is 4.05. The van der Waals surface area contributed by atoms with Gasteiger partial charge in [0, 0.05) is 13.1 Å². The molecule has 1 saturated heterocycles. The van der Waals surface area contributed by atoms with Crippen molar-refractivity contribution in [1.29, 1.82) is 0 Å². The average molecular weight is 370 g/mol. The van der Waals surface area contributed by atoms with E-state index in [2.05, 4.69) is 4.99 Å². The van der Waals surface area contributed by atoms with Gasteiger partial charge in [-0.25, -0.2) is 9.79 Å². The minimum absolute atomic E-state index is 0.149. The normalized spacial score (nSPS) is 17.3. The monoisotopic (exact) mass is 370 g/mol. The number of carbonyl (C=O) groups is 2. The molecule has 0 aliphatic carbocycles. The van der Waals surface area contributed by atoms with Gasteiger partial charge in [0.25, 0.3) is 5.91 Å². The number of rotatable bonds is 5. The quantitative estimate of drug-likeness (QED) is 0.586. The summed E-state index contributed by atoms with van der Waals surface area (Å²) >= 11 is 1.26. The molecule has 1 aliphatic rings. The van der Waals surface area contributed by atoms with E-state index in [1.165, 1.54) is 16.7 Å². The molecule has 3 rings (SSSR count). The Kier molecular flexibility index (Phi) is 5.58. The topological polar surface area (TPSA) is 72.1 Å². The molecule has 0 radical (unpaired) electrons. The maximum atomic E-state index is 12.4. The number of ether oxygens (including phenoxy) is 1. The molecular formula is C19H18N2O4S. The highest BCUT2D eigenvalue weighted by Crippen LogP contribution is 2.33. The molecule has 0 spiro atoms. The lowest BCUT2D eigenvalue weighted by Gasteiger charge is -2.08. The Balaban J connectivity index is 1.81. The molecule has 6 nitrogen and oxygen atoms in total. The fourth-order valence-corrected chi connectivity index (χ4v) is 3.21. The molecule has 0 atom stereocenters. The van der Waals surface area contributed by atoms with Gasteiger partial charge in [0.15, 0.2) is 5.17 Å². The first kappa shape index (κ1) is 18.0. The summed E-state index contributed by atoms with van der Waals surface area (Å²) < 4.78 is 10.4. The van der Waals surface area contributed by atoms with Crippen LogP contribution in [0.2, 0.25) is 0 Å². The number of carbonyl (C=O) groups excluding carboxylic acids is 2. The van der Waals surface area contributed by atoms with Crippen LogP contribution in [0.15, 0.2) is 57.0 Å². The lowest BCUT2D eigenvalue weighted by Crippen LogP contribution is -2.23. The van der Waals surface area contributed by atoms with E-state index < -0.39 is 0 Å². The summed E-state index contributed by atoms with van der Waals surface area (Å²) in [7, 11) is 1.66. The molecule has 0 unspecified atom stereocenters. The second-order valence-electron chi connectivity index (χ2n) is 5.57. The Morgan fingerprint density at radius 3 is 2.92 bits per heavy atom. The minimum Gasteiger partial charge on any atom is -0.465 e. The SMILES string of the molecule is CCCOC(=O)c1cccc(N=C2S/C(=C/c3ccco3)C(=O)N2C)c1. The van der Waals surface area contributed by atoms with Crippen LogP contribution in [-0.4, -0.2) is 35.6 Å². The standard InChI is InChI=1S/C19H18N2O4S/c1-3-9-25-18(23)13-6-4-7-14(11-13)20-19-21(2)17(22)16(26-19)12-15-8-5-10-24-15/h4-8,10-12H,3,9H2,1-2H3/b16-12+,20-19?. The zero-order valence-electron chi connectivity index (χ0n) is 14.5. The molecular weight excluding hydrogens is 352 g/mol. The highest BCUT2D eigenvalue weighted by molar-refractivity contribution is 8.18. The summed E-state index contributed by atoms with van der Waals surface area (Å²) in [5.41, 5.74) is 1.01. The van der Waals surface area contributed by atoms with Crippen LogP contribution in [0, 0.1) is 0 Å². The average Bonchev–Trinajstić information content (AvgIpc) is 3.25. The third-order valence-electron chi connectivity index (χ3n) is 3.56. The molecule has 1 fully saturated rings. The summed E-state index contributed by atoms with van der Waals surface area (Å²) in [5.74, 6) is 0.0793. The van der Waals surface area contributed by atoms with E-state index >= 15 is 0 Å². The van der Waals surface area contributed by atoms with E-state index in [-0.39, 0.29) is 11.9 Å². The Morgan fingerprint density at radius 1 is 1.35 bits per heavy atom. The molecule has 26 heavy (non-hydrogen) atoms. The van der Waals surface area contributed by atoms with Gasteiger partial charge in [-0.15, -0.1) is 0 Å². The first-order valence-electron chi connectivity index (χ1n) is 8.15. The van der Waals surface area contributed by atoms with Crippen LogP contribution in [-0.2, 0) is 9.53 Å². The van der Waals surface area contributed by atoms with Crippen molar-refractivity contribution >= 4 is 40.6 Å². The van der Waals surface area contributed by atoms with Gasteiger partial charge >= 0.3 is 5.97 Å². The van der Waals surface area contributed by atoms with E-state index in [9.17, 15) is 9.59 Å². The summed E-state index contributed by atoms with van der Waals surface area (Å²) in [4.78, 5) is 30.8. The van der Waals surface area contributed by atoms with Crippen molar-refractivity contribution < 1.29 is 18.7 Å². The second-order valence-corrected chi connectivity index (χ2v) is 6.58. The van der Waals surface area contributed by atoms with E-state index in [0.29, 0.717) is 33.7 Å². The van der Waals surface area contributed by atoms with Gasteiger partial charge in [-0.1, -0.05) is 13.0 Å². The van der Waals surface area contributed by atoms with Crippen molar-refractivity contribution in [2.24, 2.45) is 4.99 Å². The van der Waals surface area contributed by atoms with E-state index in [0.717, 1.165) is 6.42 Å². The number of thioether (sulfide) groups is 1. The number of amidine groups is 1. The summed E-state index contributed by atoms with van der Waals surface area (Å²) in [6, 6.07) is 10.4. The Labute approximate surface area is 155 Å². The van der Waals surface area contributed by atoms with Crippen LogP contribution < -0.4 is 0 Å². The number of aliphatic imine (C=N–C) groups is 1. The zero-order chi connectivity index (χ0) is 18.5. The van der Waals surface area contributed by atoms with Crippen LogP contribution in [0.4, 0.5) is 5.69 Å². The lowest BCUT2D eigenvalue weighted by atomic mass is 10.2. The maximum Gasteiger partial charge on any atom is 0.338 e. The van der Waals surface area contributed by atoms with Gasteiger partial charge in [-0.05, 0) is 48.5 Å². The Hall–Kier alpha value is -2.80. The number of amides is 1. The van der Waals surface area contributed by atoms with Crippen LogP contribution in [0.5, 0.6) is 0 Å². The summed E-state index contributed by atoms with van der Waals surface area (Å²) in [5, 5.41) is 0.534. The molecule has 0 bridgehead atoms. The molecule has 7 heteroatoms. The summed E-state index contributed by atoms with van der Waals surface area (Å²) in [6.07, 6.45) is 4.00. The molecule has 0 N–H and O–H groups in total. The predicted octanol–water partition coefficient (Wildman–Crippen LogP) is 4.08.